The van der Waals surface area contributed by atoms with E-state index in [0.717, 1.165) is 18.7 Å². The molecule has 0 saturated carbocycles. The molecule has 0 aromatic carbocycles. The van der Waals surface area contributed by atoms with E-state index in [0.29, 0.717) is 23.7 Å². The van der Waals surface area contributed by atoms with Gasteiger partial charge in [0.2, 0.25) is 11.7 Å². The summed E-state index contributed by atoms with van der Waals surface area (Å²) in [4.78, 5) is 7.48. The van der Waals surface area contributed by atoms with E-state index in [1.54, 1.807) is 0 Å². The zero-order valence-corrected chi connectivity index (χ0v) is 11.1. The molecule has 1 atom stereocenters. The molecule has 2 aromatic heterocycles. The van der Waals surface area contributed by atoms with Gasteiger partial charge in [0.25, 0.3) is 0 Å². The van der Waals surface area contributed by atoms with Gasteiger partial charge in [0, 0.05) is 18.7 Å². The molecule has 2 aromatic rings. The molecule has 0 bridgehead atoms. The average molecular weight is 248 g/mol. The van der Waals surface area contributed by atoms with Crippen molar-refractivity contribution >= 4 is 0 Å². The summed E-state index contributed by atoms with van der Waals surface area (Å²) < 4.78 is 5.29. The zero-order valence-electron chi connectivity index (χ0n) is 11.1. The minimum absolute atomic E-state index is 0.368. The third-order valence-corrected chi connectivity index (χ3v) is 2.97. The van der Waals surface area contributed by atoms with Gasteiger partial charge in [-0.2, -0.15) is 4.98 Å². The van der Waals surface area contributed by atoms with Crippen molar-refractivity contribution in [2.45, 2.75) is 33.2 Å². The van der Waals surface area contributed by atoms with Crippen molar-refractivity contribution < 1.29 is 4.52 Å². The molecule has 1 unspecified atom stereocenters. The van der Waals surface area contributed by atoms with Gasteiger partial charge in [-0.05, 0) is 24.6 Å². The standard InChI is InChI=1S/C13H20N4O/c1-4-14-11(9(2)3)8-12-16-13(17-18-12)10-6-5-7-15-10/h5-7,9,11,14-15H,4,8H2,1-3H3. The van der Waals surface area contributed by atoms with Gasteiger partial charge in [-0.15, -0.1) is 0 Å². The van der Waals surface area contributed by atoms with E-state index >= 15 is 0 Å². The maximum atomic E-state index is 5.29. The number of aromatic amines is 1. The molecule has 5 heteroatoms. The molecule has 0 saturated heterocycles. The van der Waals surface area contributed by atoms with Crippen LogP contribution in [-0.2, 0) is 6.42 Å². The molecular weight excluding hydrogens is 228 g/mol. The van der Waals surface area contributed by atoms with E-state index in [4.69, 9.17) is 4.52 Å². The van der Waals surface area contributed by atoms with E-state index in [2.05, 4.69) is 41.2 Å². The van der Waals surface area contributed by atoms with Crippen LogP contribution in [0.25, 0.3) is 11.5 Å². The van der Waals surface area contributed by atoms with Crippen LogP contribution < -0.4 is 5.32 Å². The summed E-state index contributed by atoms with van der Waals surface area (Å²) in [5.41, 5.74) is 0.884. The van der Waals surface area contributed by atoms with E-state index in [9.17, 15) is 0 Å². The Kier molecular flexibility index (Phi) is 4.15. The number of nitrogens with zero attached hydrogens (tertiary/aromatic N) is 2. The second kappa shape index (κ2) is 5.82. The summed E-state index contributed by atoms with van der Waals surface area (Å²) in [5.74, 6) is 1.83. The first-order chi connectivity index (χ1) is 8.70. The van der Waals surface area contributed by atoms with Gasteiger partial charge in [0.15, 0.2) is 0 Å². The molecule has 0 amide bonds. The summed E-state index contributed by atoms with van der Waals surface area (Å²) >= 11 is 0. The predicted molar refractivity (Wildman–Crippen MR) is 70.1 cm³/mol. The van der Waals surface area contributed by atoms with Crippen molar-refractivity contribution in [3.05, 3.63) is 24.2 Å². The number of hydrogen-bond donors (Lipinski definition) is 2. The number of nitrogens with one attached hydrogen (secondary N) is 2. The van der Waals surface area contributed by atoms with Gasteiger partial charge in [-0.1, -0.05) is 25.9 Å². The highest BCUT2D eigenvalue weighted by Crippen LogP contribution is 2.15. The van der Waals surface area contributed by atoms with Gasteiger partial charge < -0.3 is 14.8 Å². The Bertz CT molecular complexity index is 461. The lowest BCUT2D eigenvalue weighted by Gasteiger charge is -2.19. The molecule has 5 nitrogen and oxygen atoms in total. The van der Waals surface area contributed by atoms with Crippen molar-refractivity contribution in [3.63, 3.8) is 0 Å². The minimum Gasteiger partial charge on any atom is -0.359 e. The lowest BCUT2D eigenvalue weighted by atomic mass is 10.0. The van der Waals surface area contributed by atoms with Crippen LogP contribution in [0, 0.1) is 5.92 Å². The Balaban J connectivity index is 2.06. The van der Waals surface area contributed by atoms with E-state index in [1.165, 1.54) is 0 Å². The summed E-state index contributed by atoms with van der Waals surface area (Å²) in [7, 11) is 0. The molecule has 0 fully saturated rings. The third-order valence-electron chi connectivity index (χ3n) is 2.97. The smallest absolute Gasteiger partial charge is 0.228 e. The fourth-order valence-corrected chi connectivity index (χ4v) is 1.91. The van der Waals surface area contributed by atoms with Crippen LogP contribution in [0.2, 0.25) is 0 Å². The normalized spacial score (nSPS) is 13.1. The van der Waals surface area contributed by atoms with E-state index in [1.807, 2.05) is 18.3 Å². The van der Waals surface area contributed by atoms with Gasteiger partial charge >= 0.3 is 0 Å². The highest BCUT2D eigenvalue weighted by Gasteiger charge is 2.17. The van der Waals surface area contributed by atoms with Crippen LogP contribution in [-0.4, -0.2) is 27.7 Å². The average Bonchev–Trinajstić information content (AvgIpc) is 2.98. The third kappa shape index (κ3) is 2.98. The fourth-order valence-electron chi connectivity index (χ4n) is 1.91. The van der Waals surface area contributed by atoms with Gasteiger partial charge in [-0.3, -0.25) is 0 Å². The SMILES string of the molecule is CCNC(Cc1nc(-c2ccc[nH]2)no1)C(C)C. The van der Waals surface area contributed by atoms with Crippen LogP contribution in [0.4, 0.5) is 0 Å². The Morgan fingerprint density at radius 1 is 1.44 bits per heavy atom. The second-order valence-electron chi connectivity index (χ2n) is 4.71. The van der Waals surface area contributed by atoms with Crippen molar-refractivity contribution in [1.29, 1.82) is 0 Å². The summed E-state index contributed by atoms with van der Waals surface area (Å²) in [6.07, 6.45) is 2.61. The van der Waals surface area contributed by atoms with Crippen molar-refractivity contribution in [1.82, 2.24) is 20.4 Å². The molecule has 18 heavy (non-hydrogen) atoms. The van der Waals surface area contributed by atoms with Gasteiger partial charge in [-0.25, -0.2) is 0 Å². The predicted octanol–water partition coefficient (Wildman–Crippen LogP) is 2.24. The Labute approximate surface area is 107 Å². The van der Waals surface area contributed by atoms with Crippen molar-refractivity contribution in [2.24, 2.45) is 5.92 Å². The van der Waals surface area contributed by atoms with E-state index in [-0.39, 0.29) is 0 Å². The first-order valence-electron chi connectivity index (χ1n) is 6.40. The lowest BCUT2D eigenvalue weighted by molar-refractivity contribution is 0.329. The van der Waals surface area contributed by atoms with Crippen LogP contribution in [0.5, 0.6) is 0 Å². The number of hydrogen-bond acceptors (Lipinski definition) is 4. The zero-order chi connectivity index (χ0) is 13.0. The van der Waals surface area contributed by atoms with Gasteiger partial charge in [0.05, 0.1) is 5.69 Å². The Morgan fingerprint density at radius 2 is 2.28 bits per heavy atom. The molecule has 98 valence electrons. The second-order valence-corrected chi connectivity index (χ2v) is 4.71. The van der Waals surface area contributed by atoms with Gasteiger partial charge in [0.1, 0.15) is 0 Å². The summed E-state index contributed by atoms with van der Waals surface area (Å²) in [6.45, 7) is 7.43. The number of aromatic nitrogens is 3. The van der Waals surface area contributed by atoms with Crippen LogP contribution in [0.1, 0.15) is 26.7 Å². The molecule has 0 spiro atoms. The Hall–Kier alpha value is -1.62. The molecule has 2 heterocycles. The number of H-pyrrole nitrogens is 1. The number of rotatable bonds is 6. The first kappa shape index (κ1) is 12.8. The molecule has 0 radical (unpaired) electrons. The minimum atomic E-state index is 0.368. The van der Waals surface area contributed by atoms with E-state index < -0.39 is 0 Å². The van der Waals surface area contributed by atoms with Crippen LogP contribution in [0.3, 0.4) is 0 Å². The van der Waals surface area contributed by atoms with Crippen molar-refractivity contribution in [3.8, 4) is 11.5 Å². The fraction of sp³-hybridized carbons (Fsp3) is 0.538. The largest absolute Gasteiger partial charge is 0.359 e. The maximum absolute atomic E-state index is 5.29. The Morgan fingerprint density at radius 3 is 2.89 bits per heavy atom. The molecule has 0 aliphatic carbocycles. The summed E-state index contributed by atoms with van der Waals surface area (Å²) in [5, 5.41) is 7.43. The maximum Gasteiger partial charge on any atom is 0.228 e. The van der Waals surface area contributed by atoms with Crippen molar-refractivity contribution in [2.75, 3.05) is 6.54 Å². The molecule has 0 aliphatic heterocycles. The number of likely N-dealkylation sites (N-methyl/N-ethyl adjacent to an activating group) is 1. The lowest BCUT2D eigenvalue weighted by Crippen LogP contribution is -2.35. The molecular formula is C13H20N4O. The van der Waals surface area contributed by atoms with Crippen LogP contribution in [0.15, 0.2) is 22.9 Å². The molecule has 0 aliphatic rings. The quantitative estimate of drug-likeness (QED) is 0.822. The molecule has 2 N–H and O–H groups in total. The molecule has 2 rings (SSSR count). The highest BCUT2D eigenvalue weighted by molar-refractivity contribution is 5.47. The topological polar surface area (TPSA) is 66.7 Å². The van der Waals surface area contributed by atoms with Crippen LogP contribution >= 0.6 is 0 Å². The summed E-state index contributed by atoms with van der Waals surface area (Å²) in [6, 6.07) is 4.21. The highest BCUT2D eigenvalue weighted by atomic mass is 16.5. The first-order valence-corrected chi connectivity index (χ1v) is 6.40. The monoisotopic (exact) mass is 248 g/mol.